The topological polar surface area (TPSA) is 74.0 Å². The zero-order valence-corrected chi connectivity index (χ0v) is 16.4. The van der Waals surface area contributed by atoms with Crippen molar-refractivity contribution in [3.63, 3.8) is 0 Å². The lowest BCUT2D eigenvalue weighted by Gasteiger charge is -2.25. The second-order valence-electron chi connectivity index (χ2n) is 9.00. The number of hydrogen-bond acceptors (Lipinski definition) is 4. The molecule has 0 unspecified atom stereocenters. The van der Waals surface area contributed by atoms with E-state index in [4.69, 9.17) is 4.42 Å². The molecule has 6 heteroatoms. The number of nitrogens with zero attached hydrogens (tertiary/aromatic N) is 2. The molecule has 0 radical (unpaired) electrons. The van der Waals surface area contributed by atoms with Crippen molar-refractivity contribution in [2.45, 2.75) is 33.2 Å². The summed E-state index contributed by atoms with van der Waals surface area (Å²) < 4.78 is 6.06. The van der Waals surface area contributed by atoms with E-state index >= 15 is 0 Å². The summed E-state index contributed by atoms with van der Waals surface area (Å²) in [5.41, 5.74) is 2.16. The summed E-state index contributed by atoms with van der Waals surface area (Å²) in [6.45, 7) is 6.61. The van der Waals surface area contributed by atoms with Crippen LogP contribution >= 0.6 is 0 Å². The number of aryl methyl sites for hydroxylation is 2. The highest BCUT2D eigenvalue weighted by Crippen LogP contribution is 2.45. The third kappa shape index (κ3) is 2.65. The Morgan fingerprint density at radius 1 is 1.29 bits per heavy atom. The number of furan rings is 1. The molecule has 3 aliphatic rings. The fourth-order valence-electron chi connectivity index (χ4n) is 5.03. The van der Waals surface area contributed by atoms with Crippen LogP contribution in [-0.2, 0) is 16.1 Å². The van der Waals surface area contributed by atoms with Crippen LogP contribution in [0.2, 0.25) is 0 Å². The van der Waals surface area contributed by atoms with Gasteiger partial charge in [0.1, 0.15) is 16.8 Å². The Hall–Kier alpha value is -2.34. The molecule has 1 aliphatic carbocycles. The first-order valence-corrected chi connectivity index (χ1v) is 10.1. The molecule has 148 valence electrons. The van der Waals surface area contributed by atoms with Gasteiger partial charge < -0.3 is 14.4 Å². The lowest BCUT2D eigenvalue weighted by molar-refractivity contribution is -0.149. The van der Waals surface area contributed by atoms with E-state index < -0.39 is 17.3 Å². The van der Waals surface area contributed by atoms with Gasteiger partial charge >= 0.3 is 5.97 Å². The molecule has 1 aromatic heterocycles. The van der Waals surface area contributed by atoms with E-state index in [-0.39, 0.29) is 5.91 Å². The van der Waals surface area contributed by atoms with Crippen LogP contribution in [-0.4, -0.2) is 53.0 Å². The second-order valence-corrected chi connectivity index (χ2v) is 9.00. The van der Waals surface area contributed by atoms with Crippen molar-refractivity contribution >= 4 is 22.8 Å². The summed E-state index contributed by atoms with van der Waals surface area (Å²) in [6, 6.07) is 6.13. The summed E-state index contributed by atoms with van der Waals surface area (Å²) in [4.78, 5) is 29.0. The maximum absolute atomic E-state index is 12.9. The zero-order chi connectivity index (χ0) is 19.6. The van der Waals surface area contributed by atoms with Crippen LogP contribution in [0.15, 0.2) is 22.6 Å². The van der Waals surface area contributed by atoms with Gasteiger partial charge in [-0.1, -0.05) is 11.6 Å². The van der Waals surface area contributed by atoms with Crippen molar-refractivity contribution in [3.8, 4) is 0 Å². The maximum Gasteiger partial charge on any atom is 0.313 e. The SMILES string of the molecule is Cc1ccc2oc(CN3C[C@H]4C(=O)N(CC5CC5)C[C@@]4(C(=O)O)C3)c(C)c2c1. The van der Waals surface area contributed by atoms with Gasteiger partial charge in [0.15, 0.2) is 0 Å². The Bertz CT molecular complexity index is 976. The van der Waals surface area contributed by atoms with E-state index in [1.165, 1.54) is 5.56 Å². The molecule has 28 heavy (non-hydrogen) atoms. The van der Waals surface area contributed by atoms with E-state index in [1.807, 2.05) is 24.0 Å². The number of hydrogen-bond donors (Lipinski definition) is 1. The molecule has 1 saturated carbocycles. The van der Waals surface area contributed by atoms with Gasteiger partial charge in [0, 0.05) is 31.6 Å². The van der Waals surface area contributed by atoms with Crippen molar-refractivity contribution < 1.29 is 19.1 Å². The van der Waals surface area contributed by atoms with Gasteiger partial charge in [0.25, 0.3) is 0 Å². The summed E-state index contributed by atoms with van der Waals surface area (Å²) in [5.74, 6) is 0.169. The van der Waals surface area contributed by atoms with Gasteiger partial charge in [-0.05, 0) is 50.3 Å². The number of benzene rings is 1. The van der Waals surface area contributed by atoms with E-state index in [1.54, 1.807) is 0 Å². The van der Waals surface area contributed by atoms with Gasteiger partial charge in [-0.15, -0.1) is 0 Å². The van der Waals surface area contributed by atoms with E-state index in [0.29, 0.717) is 32.1 Å². The molecule has 6 nitrogen and oxygen atoms in total. The molecule has 2 atom stereocenters. The number of aliphatic carboxylic acids is 1. The van der Waals surface area contributed by atoms with Crippen LogP contribution in [0, 0.1) is 31.1 Å². The zero-order valence-electron chi connectivity index (χ0n) is 16.4. The van der Waals surface area contributed by atoms with Crippen LogP contribution in [0.1, 0.15) is 29.7 Å². The van der Waals surface area contributed by atoms with Gasteiger partial charge in [-0.2, -0.15) is 0 Å². The number of rotatable bonds is 5. The Kier molecular flexibility index (Phi) is 3.85. The highest BCUT2D eigenvalue weighted by Gasteiger charge is 2.62. The molecular weight excluding hydrogens is 356 g/mol. The molecule has 2 aromatic rings. The predicted molar refractivity (Wildman–Crippen MR) is 104 cm³/mol. The Morgan fingerprint density at radius 2 is 2.07 bits per heavy atom. The second kappa shape index (κ2) is 6.08. The summed E-state index contributed by atoms with van der Waals surface area (Å²) in [7, 11) is 0. The number of carboxylic acid groups (broad SMARTS) is 1. The van der Waals surface area contributed by atoms with Crippen molar-refractivity contribution in [2.24, 2.45) is 17.3 Å². The molecule has 1 N–H and O–H groups in total. The number of likely N-dealkylation sites (tertiary alicyclic amines) is 2. The molecule has 0 spiro atoms. The first-order valence-electron chi connectivity index (χ1n) is 10.1. The molecule has 1 aromatic carbocycles. The van der Waals surface area contributed by atoms with Crippen molar-refractivity contribution in [3.05, 3.63) is 35.1 Å². The average molecular weight is 382 g/mol. The fourth-order valence-corrected chi connectivity index (χ4v) is 5.03. The number of fused-ring (bicyclic) bond motifs is 2. The Balaban J connectivity index is 1.38. The standard InChI is InChI=1S/C22H26N2O4/c1-13-3-6-18-16(7-13)14(2)19(28-18)10-23-9-17-20(25)24(8-15-4-5-15)12-22(17,11-23)21(26)27/h3,6-7,15,17H,4-5,8-12H2,1-2H3,(H,26,27)/t17-,22-/m0/s1. The number of carbonyl (C=O) groups is 2. The Morgan fingerprint density at radius 3 is 2.75 bits per heavy atom. The molecule has 2 saturated heterocycles. The number of amides is 1. The number of carbonyl (C=O) groups excluding carboxylic acids is 1. The van der Waals surface area contributed by atoms with E-state index in [9.17, 15) is 14.7 Å². The average Bonchev–Trinajstić information content (AvgIpc) is 3.24. The lowest BCUT2D eigenvalue weighted by Crippen LogP contribution is -2.41. The van der Waals surface area contributed by atoms with Crippen molar-refractivity contribution in [2.75, 3.05) is 26.2 Å². The predicted octanol–water partition coefficient (Wildman–Crippen LogP) is 2.80. The minimum absolute atomic E-state index is 0.0220. The minimum Gasteiger partial charge on any atom is -0.481 e. The fraction of sp³-hybridized carbons (Fsp3) is 0.545. The third-order valence-electron chi connectivity index (χ3n) is 6.86. The van der Waals surface area contributed by atoms with E-state index in [0.717, 1.165) is 41.7 Å². The highest BCUT2D eigenvalue weighted by molar-refractivity contribution is 5.92. The van der Waals surface area contributed by atoms with Crippen LogP contribution in [0.4, 0.5) is 0 Å². The first-order chi connectivity index (χ1) is 13.4. The van der Waals surface area contributed by atoms with Crippen LogP contribution in [0.5, 0.6) is 0 Å². The first kappa shape index (κ1) is 17.7. The third-order valence-corrected chi connectivity index (χ3v) is 6.86. The molecule has 0 bridgehead atoms. The van der Waals surface area contributed by atoms with E-state index in [2.05, 4.69) is 17.9 Å². The maximum atomic E-state index is 12.9. The van der Waals surface area contributed by atoms with Gasteiger partial charge in [0.05, 0.1) is 12.5 Å². The summed E-state index contributed by atoms with van der Waals surface area (Å²) in [6.07, 6.45) is 2.32. The summed E-state index contributed by atoms with van der Waals surface area (Å²) in [5, 5.41) is 11.1. The molecule has 1 amide bonds. The minimum atomic E-state index is -0.984. The van der Waals surface area contributed by atoms with Gasteiger partial charge in [-0.25, -0.2) is 0 Å². The molecule has 2 aliphatic heterocycles. The monoisotopic (exact) mass is 382 g/mol. The lowest BCUT2D eigenvalue weighted by atomic mass is 9.81. The molecule has 3 heterocycles. The van der Waals surface area contributed by atoms with Gasteiger partial charge in [-0.3, -0.25) is 14.5 Å². The molecular formula is C22H26N2O4. The van der Waals surface area contributed by atoms with Gasteiger partial charge in [0.2, 0.25) is 5.91 Å². The smallest absolute Gasteiger partial charge is 0.313 e. The largest absolute Gasteiger partial charge is 0.481 e. The molecule has 5 rings (SSSR count). The molecule has 3 fully saturated rings. The van der Waals surface area contributed by atoms with Crippen LogP contribution in [0.3, 0.4) is 0 Å². The number of carboxylic acids is 1. The normalized spacial score (nSPS) is 27.7. The Labute approximate surface area is 164 Å². The van der Waals surface area contributed by atoms with Crippen LogP contribution < -0.4 is 0 Å². The summed E-state index contributed by atoms with van der Waals surface area (Å²) >= 11 is 0. The highest BCUT2D eigenvalue weighted by atomic mass is 16.4. The quantitative estimate of drug-likeness (QED) is 0.861. The van der Waals surface area contributed by atoms with Crippen molar-refractivity contribution in [1.29, 1.82) is 0 Å². The van der Waals surface area contributed by atoms with Crippen molar-refractivity contribution in [1.82, 2.24) is 9.80 Å². The van der Waals surface area contributed by atoms with Crippen LogP contribution in [0.25, 0.3) is 11.0 Å².